The molecular formula is C36H37BrN2O4S. The zero-order valence-corrected chi connectivity index (χ0v) is 28.5. The van der Waals surface area contributed by atoms with E-state index in [1.807, 2.05) is 72.8 Å². The number of hydrogen-bond acceptors (Lipinski definition) is 6. The molecule has 0 saturated heterocycles. The Labute approximate surface area is 270 Å². The van der Waals surface area contributed by atoms with Crippen molar-refractivity contribution in [1.29, 1.82) is 0 Å². The van der Waals surface area contributed by atoms with Gasteiger partial charge in [-0.15, -0.1) is 0 Å². The topological polar surface area (TPSA) is 80.9 Å². The highest BCUT2D eigenvalue weighted by atomic mass is 79.9. The summed E-state index contributed by atoms with van der Waals surface area (Å²) in [5.41, 5.74) is 3.86. The SMILES string of the molecule is CCOC(=O)C1=C(c2ccccc2)N=c2s/c(=C\c3cc(C(C)(C)C)c(O)c(C(C)(C)C)c3)c(=O)n2[C@@H]1c1cccc(Br)c1. The summed E-state index contributed by atoms with van der Waals surface area (Å²) in [6.45, 7) is 14.3. The van der Waals surface area contributed by atoms with Gasteiger partial charge in [0.1, 0.15) is 5.75 Å². The summed E-state index contributed by atoms with van der Waals surface area (Å²) in [4.78, 5) is 33.4. The van der Waals surface area contributed by atoms with Gasteiger partial charge in [0.2, 0.25) is 0 Å². The van der Waals surface area contributed by atoms with E-state index in [2.05, 4.69) is 57.5 Å². The predicted octanol–water partition coefficient (Wildman–Crippen LogP) is 7.00. The molecule has 2 heterocycles. The molecule has 1 aromatic heterocycles. The van der Waals surface area contributed by atoms with Gasteiger partial charge in [-0.25, -0.2) is 9.79 Å². The minimum absolute atomic E-state index is 0.188. The van der Waals surface area contributed by atoms with Gasteiger partial charge in [-0.3, -0.25) is 9.36 Å². The number of phenols is 1. The normalized spacial score (nSPS) is 15.6. The number of carbonyl (C=O) groups is 1. The maximum Gasteiger partial charge on any atom is 0.338 e. The number of aromatic nitrogens is 1. The van der Waals surface area contributed by atoms with Gasteiger partial charge in [-0.1, -0.05) is 111 Å². The van der Waals surface area contributed by atoms with Gasteiger partial charge in [0, 0.05) is 21.2 Å². The molecule has 0 fully saturated rings. The standard InChI is InChI=1S/C36H37BrN2O4S/c1-8-43-33(42)28-29(22-13-10-9-11-14-22)38-34-39(30(28)23-15-12-16-24(37)20-23)32(41)27(44-34)19-21-17-25(35(2,3)4)31(40)26(18-21)36(5,6)7/h9-20,30,40H,8H2,1-7H3/b27-19-/t30-/m1/s1. The fourth-order valence-corrected chi connectivity index (χ4v) is 6.89. The van der Waals surface area contributed by atoms with Crippen LogP contribution >= 0.6 is 27.3 Å². The number of hydrogen-bond donors (Lipinski definition) is 1. The molecule has 1 aliphatic heterocycles. The average Bonchev–Trinajstić information content (AvgIpc) is 3.26. The van der Waals surface area contributed by atoms with E-state index in [-0.39, 0.29) is 28.7 Å². The van der Waals surface area contributed by atoms with E-state index in [1.54, 1.807) is 11.5 Å². The molecule has 1 aliphatic rings. The second-order valence-corrected chi connectivity index (χ2v) is 14.9. The third-order valence-corrected chi connectivity index (χ3v) is 9.06. The summed E-state index contributed by atoms with van der Waals surface area (Å²) in [6, 6.07) is 20.3. The van der Waals surface area contributed by atoms with Crippen LogP contribution in [0.25, 0.3) is 11.8 Å². The van der Waals surface area contributed by atoms with Crippen LogP contribution in [0.1, 0.15) is 82.3 Å². The fraction of sp³-hybridized carbons (Fsp3) is 0.306. The van der Waals surface area contributed by atoms with E-state index < -0.39 is 12.0 Å². The first-order chi connectivity index (χ1) is 20.7. The van der Waals surface area contributed by atoms with Crippen molar-refractivity contribution in [2.45, 2.75) is 65.3 Å². The summed E-state index contributed by atoms with van der Waals surface area (Å²) in [7, 11) is 0. The monoisotopic (exact) mass is 672 g/mol. The van der Waals surface area contributed by atoms with Crippen molar-refractivity contribution in [3.63, 3.8) is 0 Å². The van der Waals surface area contributed by atoms with E-state index in [0.29, 0.717) is 20.6 Å². The van der Waals surface area contributed by atoms with Gasteiger partial charge in [0.15, 0.2) is 4.80 Å². The highest BCUT2D eigenvalue weighted by Crippen LogP contribution is 2.40. The minimum atomic E-state index is -0.754. The van der Waals surface area contributed by atoms with Crippen LogP contribution in [0.5, 0.6) is 5.75 Å². The van der Waals surface area contributed by atoms with Crippen molar-refractivity contribution < 1.29 is 14.6 Å². The van der Waals surface area contributed by atoms with Crippen LogP contribution in [-0.2, 0) is 20.4 Å². The van der Waals surface area contributed by atoms with Gasteiger partial charge in [-0.2, -0.15) is 0 Å². The molecule has 6 nitrogen and oxygen atoms in total. The Morgan fingerprint density at radius 1 is 1.00 bits per heavy atom. The van der Waals surface area contributed by atoms with Gasteiger partial charge < -0.3 is 9.84 Å². The van der Waals surface area contributed by atoms with E-state index in [9.17, 15) is 14.7 Å². The molecule has 5 rings (SSSR count). The number of thiazole rings is 1. The third-order valence-electron chi connectivity index (χ3n) is 7.58. The molecule has 3 aromatic carbocycles. The average molecular weight is 674 g/mol. The number of carbonyl (C=O) groups excluding carboxylic acids is 1. The van der Waals surface area contributed by atoms with Crippen molar-refractivity contribution in [1.82, 2.24) is 4.57 Å². The number of nitrogens with zero attached hydrogens (tertiary/aromatic N) is 2. The number of esters is 1. The highest BCUT2D eigenvalue weighted by molar-refractivity contribution is 9.10. The summed E-state index contributed by atoms with van der Waals surface area (Å²) >= 11 is 4.85. The summed E-state index contributed by atoms with van der Waals surface area (Å²) in [5, 5.41) is 11.2. The maximum absolute atomic E-state index is 14.3. The molecule has 0 aliphatic carbocycles. The van der Waals surface area contributed by atoms with Crippen LogP contribution in [-0.4, -0.2) is 22.2 Å². The lowest BCUT2D eigenvalue weighted by molar-refractivity contribution is -0.138. The lowest BCUT2D eigenvalue weighted by Crippen LogP contribution is -2.40. The molecule has 4 aromatic rings. The second-order valence-electron chi connectivity index (χ2n) is 13.0. The molecule has 44 heavy (non-hydrogen) atoms. The Kier molecular flexibility index (Phi) is 8.62. The van der Waals surface area contributed by atoms with Crippen LogP contribution in [0, 0.1) is 0 Å². The van der Waals surface area contributed by atoms with E-state index in [0.717, 1.165) is 32.3 Å². The molecule has 8 heteroatoms. The van der Waals surface area contributed by atoms with Gasteiger partial charge >= 0.3 is 5.97 Å². The van der Waals surface area contributed by atoms with Crippen LogP contribution < -0.4 is 14.9 Å². The number of benzene rings is 3. The first-order valence-electron chi connectivity index (χ1n) is 14.6. The Hall–Kier alpha value is -3.75. The lowest BCUT2D eigenvalue weighted by atomic mass is 9.78. The first-order valence-corrected chi connectivity index (χ1v) is 16.2. The summed E-state index contributed by atoms with van der Waals surface area (Å²) in [6.07, 6.45) is 1.86. The number of halogens is 1. The number of aromatic hydroxyl groups is 1. The zero-order chi connectivity index (χ0) is 32.0. The van der Waals surface area contributed by atoms with Crippen LogP contribution in [0.3, 0.4) is 0 Å². The number of ether oxygens (including phenoxy) is 1. The number of rotatable bonds is 5. The molecule has 228 valence electrons. The van der Waals surface area contributed by atoms with Crippen LogP contribution in [0.2, 0.25) is 0 Å². The number of fused-ring (bicyclic) bond motifs is 1. The van der Waals surface area contributed by atoms with E-state index in [4.69, 9.17) is 9.73 Å². The van der Waals surface area contributed by atoms with Crippen molar-refractivity contribution in [3.8, 4) is 5.75 Å². The molecule has 0 spiro atoms. The van der Waals surface area contributed by atoms with Crippen molar-refractivity contribution in [2.75, 3.05) is 6.61 Å². The zero-order valence-electron chi connectivity index (χ0n) is 26.1. The number of phenolic OH excluding ortho intramolecular Hbond substituents is 1. The molecule has 1 atom stereocenters. The fourth-order valence-electron chi connectivity index (χ4n) is 5.47. The molecule has 0 radical (unpaired) electrons. The first kappa shape index (κ1) is 31.7. The Morgan fingerprint density at radius 3 is 2.20 bits per heavy atom. The largest absolute Gasteiger partial charge is 0.507 e. The van der Waals surface area contributed by atoms with Crippen LogP contribution in [0.4, 0.5) is 0 Å². The Morgan fingerprint density at radius 2 is 1.64 bits per heavy atom. The smallest absolute Gasteiger partial charge is 0.338 e. The van der Waals surface area contributed by atoms with Crippen molar-refractivity contribution in [3.05, 3.63) is 124 Å². The second kappa shape index (κ2) is 12.0. The minimum Gasteiger partial charge on any atom is -0.507 e. The van der Waals surface area contributed by atoms with Crippen molar-refractivity contribution in [2.24, 2.45) is 4.99 Å². The molecule has 0 unspecified atom stereocenters. The lowest BCUT2D eigenvalue weighted by Gasteiger charge is -2.27. The van der Waals surface area contributed by atoms with E-state index >= 15 is 0 Å². The summed E-state index contributed by atoms with van der Waals surface area (Å²) in [5.74, 6) is -0.234. The summed E-state index contributed by atoms with van der Waals surface area (Å²) < 4.78 is 8.47. The van der Waals surface area contributed by atoms with Gasteiger partial charge in [-0.05, 0) is 59.2 Å². The highest BCUT2D eigenvalue weighted by Gasteiger charge is 2.35. The Bertz CT molecular complexity index is 1920. The third kappa shape index (κ3) is 6.10. The molecular weight excluding hydrogens is 636 g/mol. The van der Waals surface area contributed by atoms with Crippen molar-refractivity contribution >= 4 is 45.0 Å². The van der Waals surface area contributed by atoms with Crippen LogP contribution in [0.15, 0.2) is 86.6 Å². The molecule has 1 N–H and O–H groups in total. The van der Waals surface area contributed by atoms with E-state index in [1.165, 1.54) is 11.3 Å². The van der Waals surface area contributed by atoms with Gasteiger partial charge in [0.25, 0.3) is 5.56 Å². The Balaban J connectivity index is 1.84. The molecule has 0 bridgehead atoms. The van der Waals surface area contributed by atoms with Gasteiger partial charge in [0.05, 0.1) is 28.5 Å². The molecule has 0 amide bonds. The molecule has 0 saturated carbocycles. The quantitative estimate of drug-likeness (QED) is 0.232. The predicted molar refractivity (Wildman–Crippen MR) is 181 cm³/mol. The maximum atomic E-state index is 14.3.